The number of ether oxygens (including phenoxy) is 3. The minimum Gasteiger partial charge on any atom is -0.381 e. The second-order valence-electron chi connectivity index (χ2n) is 7.58. The molecule has 0 aliphatic carbocycles. The Balaban J connectivity index is 1.27. The van der Waals surface area contributed by atoms with Crippen molar-refractivity contribution in [1.82, 2.24) is 9.88 Å². The van der Waals surface area contributed by atoms with E-state index in [1.165, 1.54) is 5.56 Å². The molecule has 0 amide bonds. The first kappa shape index (κ1) is 16.5. The third-order valence-electron chi connectivity index (χ3n) is 5.55. The Hall–Kier alpha value is -1.01. The molecule has 1 atom stereocenters. The van der Waals surface area contributed by atoms with Gasteiger partial charge in [-0.1, -0.05) is 6.07 Å². The number of likely N-dealkylation sites (tertiary alicyclic amines) is 1. The van der Waals surface area contributed by atoms with Gasteiger partial charge < -0.3 is 14.2 Å². The fourth-order valence-corrected chi connectivity index (χ4v) is 4.26. The van der Waals surface area contributed by atoms with Crippen LogP contribution in [0.4, 0.5) is 0 Å². The van der Waals surface area contributed by atoms with E-state index in [1.54, 1.807) is 0 Å². The Kier molecular flexibility index (Phi) is 4.86. The van der Waals surface area contributed by atoms with Crippen molar-refractivity contribution in [2.24, 2.45) is 0 Å². The molecule has 4 heterocycles. The number of aryl methyl sites for hydroxylation is 1. The average molecular weight is 332 g/mol. The zero-order valence-corrected chi connectivity index (χ0v) is 14.6. The summed E-state index contributed by atoms with van der Waals surface area (Å²) >= 11 is 0. The van der Waals surface area contributed by atoms with Crippen molar-refractivity contribution in [3.05, 3.63) is 29.6 Å². The molecule has 0 radical (unpaired) electrons. The molecule has 5 heteroatoms. The second-order valence-corrected chi connectivity index (χ2v) is 7.58. The van der Waals surface area contributed by atoms with Crippen LogP contribution in [0.3, 0.4) is 0 Å². The largest absolute Gasteiger partial charge is 0.381 e. The molecular weight excluding hydrogens is 304 g/mol. The van der Waals surface area contributed by atoms with Gasteiger partial charge in [0.15, 0.2) is 0 Å². The fourth-order valence-electron chi connectivity index (χ4n) is 4.26. The van der Waals surface area contributed by atoms with Gasteiger partial charge in [-0.2, -0.15) is 0 Å². The number of rotatable bonds is 4. The summed E-state index contributed by atoms with van der Waals surface area (Å²) in [5, 5.41) is 0. The Labute approximate surface area is 144 Å². The van der Waals surface area contributed by atoms with Gasteiger partial charge in [0.2, 0.25) is 0 Å². The van der Waals surface area contributed by atoms with Crippen LogP contribution in [-0.4, -0.2) is 60.5 Å². The fraction of sp³-hybridized carbons (Fsp3) is 0.737. The van der Waals surface area contributed by atoms with Crippen molar-refractivity contribution in [3.8, 4) is 0 Å². The van der Waals surface area contributed by atoms with Crippen LogP contribution in [0.1, 0.15) is 36.8 Å². The lowest BCUT2D eigenvalue weighted by Crippen LogP contribution is -2.68. The normalized spacial score (nSPS) is 28.0. The van der Waals surface area contributed by atoms with Gasteiger partial charge in [-0.15, -0.1) is 0 Å². The van der Waals surface area contributed by atoms with Crippen molar-refractivity contribution in [3.63, 3.8) is 0 Å². The van der Waals surface area contributed by atoms with E-state index in [9.17, 15) is 0 Å². The first-order chi connectivity index (χ1) is 11.7. The molecule has 3 saturated heterocycles. The van der Waals surface area contributed by atoms with Gasteiger partial charge in [-0.05, 0) is 37.3 Å². The van der Waals surface area contributed by atoms with Gasteiger partial charge in [0.05, 0.1) is 18.3 Å². The molecule has 24 heavy (non-hydrogen) atoms. The molecule has 1 spiro atoms. The summed E-state index contributed by atoms with van der Waals surface area (Å²) in [7, 11) is 0. The van der Waals surface area contributed by atoms with Crippen LogP contribution in [0.15, 0.2) is 18.5 Å². The van der Waals surface area contributed by atoms with Crippen molar-refractivity contribution < 1.29 is 14.2 Å². The zero-order chi connectivity index (χ0) is 16.4. The highest BCUT2D eigenvalue weighted by Gasteiger charge is 2.49. The minimum absolute atomic E-state index is 0.0338. The van der Waals surface area contributed by atoms with E-state index in [0.717, 1.165) is 64.2 Å². The highest BCUT2D eigenvalue weighted by Crippen LogP contribution is 2.38. The lowest BCUT2D eigenvalue weighted by atomic mass is 9.82. The molecule has 1 aromatic heterocycles. The smallest absolute Gasteiger partial charge is 0.0959 e. The maximum Gasteiger partial charge on any atom is 0.0959 e. The lowest BCUT2D eigenvalue weighted by Gasteiger charge is -2.56. The van der Waals surface area contributed by atoms with Crippen LogP contribution in [0, 0.1) is 6.92 Å². The maximum absolute atomic E-state index is 6.18. The van der Waals surface area contributed by atoms with E-state index in [-0.39, 0.29) is 5.60 Å². The van der Waals surface area contributed by atoms with E-state index in [4.69, 9.17) is 14.2 Å². The number of hydrogen-bond acceptors (Lipinski definition) is 5. The van der Waals surface area contributed by atoms with Crippen LogP contribution >= 0.6 is 0 Å². The van der Waals surface area contributed by atoms with E-state index >= 15 is 0 Å². The zero-order valence-electron chi connectivity index (χ0n) is 14.6. The van der Waals surface area contributed by atoms with Gasteiger partial charge in [0, 0.05) is 57.8 Å². The number of nitrogens with zero attached hydrogens (tertiary/aromatic N) is 2. The van der Waals surface area contributed by atoms with E-state index in [1.807, 2.05) is 12.4 Å². The summed E-state index contributed by atoms with van der Waals surface area (Å²) in [5.74, 6) is 0. The first-order valence-corrected chi connectivity index (χ1v) is 9.20. The van der Waals surface area contributed by atoms with Crippen LogP contribution in [0.25, 0.3) is 0 Å². The first-order valence-electron chi connectivity index (χ1n) is 9.20. The molecule has 4 rings (SSSR count). The molecular formula is C19H28N2O3. The number of hydrogen-bond donors (Lipinski definition) is 0. The van der Waals surface area contributed by atoms with E-state index < -0.39 is 0 Å². The predicted molar refractivity (Wildman–Crippen MR) is 90.9 cm³/mol. The maximum atomic E-state index is 6.18. The Morgan fingerprint density at radius 1 is 1.21 bits per heavy atom. The molecule has 3 fully saturated rings. The second kappa shape index (κ2) is 7.08. The van der Waals surface area contributed by atoms with Gasteiger partial charge >= 0.3 is 0 Å². The quantitative estimate of drug-likeness (QED) is 0.847. The van der Waals surface area contributed by atoms with Crippen molar-refractivity contribution in [2.45, 2.75) is 57.0 Å². The van der Waals surface area contributed by atoms with E-state index in [0.29, 0.717) is 18.8 Å². The molecule has 0 N–H and O–H groups in total. The van der Waals surface area contributed by atoms with Gasteiger partial charge in [-0.25, -0.2) is 0 Å². The third-order valence-corrected chi connectivity index (χ3v) is 5.55. The van der Waals surface area contributed by atoms with Gasteiger partial charge in [0.25, 0.3) is 0 Å². The van der Waals surface area contributed by atoms with Crippen molar-refractivity contribution >= 4 is 0 Å². The monoisotopic (exact) mass is 332 g/mol. The molecule has 0 aromatic carbocycles. The summed E-state index contributed by atoms with van der Waals surface area (Å²) in [6.07, 6.45) is 8.43. The standard InChI is InChI=1S/C19H28N2O3/c1-15-8-16(11-20-10-15)12-23-18-4-7-24-19(9-18)13-21(14-19)17-2-5-22-6-3-17/h8,10-11,17-18H,2-7,9,12-14H2,1H3/t18-/m0/s1. The van der Waals surface area contributed by atoms with Crippen LogP contribution in [0.2, 0.25) is 0 Å². The minimum atomic E-state index is 0.0338. The Bertz CT molecular complexity index is 553. The summed E-state index contributed by atoms with van der Waals surface area (Å²) < 4.78 is 17.8. The Morgan fingerprint density at radius 3 is 2.83 bits per heavy atom. The Morgan fingerprint density at radius 2 is 2.04 bits per heavy atom. The molecule has 3 aliphatic rings. The lowest BCUT2D eigenvalue weighted by molar-refractivity contribution is -0.210. The summed E-state index contributed by atoms with van der Waals surface area (Å²) in [4.78, 5) is 6.82. The average Bonchev–Trinajstić information content (AvgIpc) is 2.59. The third kappa shape index (κ3) is 3.64. The summed E-state index contributed by atoms with van der Waals surface area (Å²) in [5.41, 5.74) is 2.38. The summed E-state index contributed by atoms with van der Waals surface area (Å²) in [6, 6.07) is 2.84. The molecule has 0 bridgehead atoms. The highest BCUT2D eigenvalue weighted by atomic mass is 16.5. The number of pyridine rings is 1. The molecule has 5 nitrogen and oxygen atoms in total. The van der Waals surface area contributed by atoms with Crippen LogP contribution < -0.4 is 0 Å². The molecule has 0 saturated carbocycles. The number of aromatic nitrogens is 1. The summed E-state index contributed by atoms with van der Waals surface area (Å²) in [6.45, 7) is 7.47. The van der Waals surface area contributed by atoms with Gasteiger partial charge in [0.1, 0.15) is 0 Å². The molecule has 0 unspecified atom stereocenters. The van der Waals surface area contributed by atoms with Crippen molar-refractivity contribution in [2.75, 3.05) is 32.9 Å². The van der Waals surface area contributed by atoms with Crippen molar-refractivity contribution in [1.29, 1.82) is 0 Å². The molecule has 1 aromatic rings. The predicted octanol–water partition coefficient (Wildman–Crippen LogP) is 2.32. The SMILES string of the molecule is Cc1cncc(CO[C@H]2CCOC3(C2)CN(C2CCOCC2)C3)c1. The molecule has 3 aliphatic heterocycles. The molecule has 132 valence electrons. The van der Waals surface area contributed by atoms with Crippen LogP contribution in [0.5, 0.6) is 0 Å². The van der Waals surface area contributed by atoms with Crippen LogP contribution in [-0.2, 0) is 20.8 Å². The van der Waals surface area contributed by atoms with E-state index in [2.05, 4.69) is 22.9 Å². The topological polar surface area (TPSA) is 43.8 Å². The highest BCUT2D eigenvalue weighted by molar-refractivity contribution is 5.15. The van der Waals surface area contributed by atoms with Gasteiger partial charge in [-0.3, -0.25) is 9.88 Å².